The summed E-state index contributed by atoms with van der Waals surface area (Å²) in [4.78, 5) is -0.107. The molecule has 1 aliphatic rings. The van der Waals surface area contributed by atoms with Crippen LogP contribution in [0.4, 0.5) is 14.5 Å². The highest BCUT2D eigenvalue weighted by Gasteiger charge is 2.40. The standard InChI is InChI=1S/C20H15F2N3O3S/c1-2-17-18-8-3-12(11-23)24(18)19-9-15(21)16(22)10-20(19)25(17)29(27,28)14-6-4-13(26)5-7-14/h3-10,17,26H,2H2,1H3/t17-/m0/s1. The number of hydrogen-bond donors (Lipinski definition) is 1. The van der Waals surface area contributed by atoms with Gasteiger partial charge in [-0.05, 0) is 42.8 Å². The first-order chi connectivity index (χ1) is 13.8. The van der Waals surface area contributed by atoms with E-state index < -0.39 is 27.7 Å². The second-order valence-electron chi connectivity index (χ2n) is 6.56. The van der Waals surface area contributed by atoms with Crippen LogP contribution in [0.2, 0.25) is 0 Å². The molecule has 1 aliphatic heterocycles. The summed E-state index contributed by atoms with van der Waals surface area (Å²) in [7, 11) is -4.19. The van der Waals surface area contributed by atoms with Crippen LogP contribution >= 0.6 is 0 Å². The van der Waals surface area contributed by atoms with Crippen LogP contribution in [0.15, 0.2) is 53.4 Å². The highest BCUT2D eigenvalue weighted by atomic mass is 32.2. The molecule has 2 aromatic carbocycles. The number of benzene rings is 2. The summed E-state index contributed by atoms with van der Waals surface area (Å²) in [6.07, 6.45) is 0.324. The van der Waals surface area contributed by atoms with Gasteiger partial charge in [0.15, 0.2) is 11.6 Å². The first-order valence-corrected chi connectivity index (χ1v) is 10.2. The van der Waals surface area contributed by atoms with Crippen LogP contribution in [0.25, 0.3) is 5.69 Å². The molecule has 0 bridgehead atoms. The quantitative estimate of drug-likeness (QED) is 0.701. The van der Waals surface area contributed by atoms with E-state index in [-0.39, 0.29) is 27.7 Å². The second-order valence-corrected chi connectivity index (χ2v) is 8.38. The maximum atomic E-state index is 14.1. The second kappa shape index (κ2) is 6.60. The van der Waals surface area contributed by atoms with E-state index in [0.29, 0.717) is 12.1 Å². The van der Waals surface area contributed by atoms with Crippen molar-refractivity contribution in [1.29, 1.82) is 5.26 Å². The van der Waals surface area contributed by atoms with Crippen molar-refractivity contribution in [3.63, 3.8) is 0 Å². The predicted molar refractivity (Wildman–Crippen MR) is 101 cm³/mol. The Balaban J connectivity index is 2.04. The van der Waals surface area contributed by atoms with E-state index in [9.17, 15) is 27.6 Å². The fraction of sp³-hybridized carbons (Fsp3) is 0.150. The molecule has 0 fully saturated rings. The topological polar surface area (TPSA) is 86.3 Å². The third kappa shape index (κ3) is 2.76. The molecule has 0 saturated carbocycles. The van der Waals surface area contributed by atoms with Gasteiger partial charge in [-0.15, -0.1) is 0 Å². The van der Waals surface area contributed by atoms with Crippen molar-refractivity contribution in [2.45, 2.75) is 24.3 Å². The zero-order valence-corrected chi connectivity index (χ0v) is 16.0. The average Bonchev–Trinajstić information content (AvgIpc) is 3.12. The molecular weight excluding hydrogens is 400 g/mol. The SMILES string of the molecule is CC[C@H]1c2ccc(C#N)n2-c2cc(F)c(F)cc2N1S(=O)(=O)c1ccc(O)cc1. The normalized spacial score (nSPS) is 15.5. The van der Waals surface area contributed by atoms with Crippen molar-refractivity contribution >= 4 is 15.7 Å². The molecule has 148 valence electrons. The van der Waals surface area contributed by atoms with Crippen molar-refractivity contribution in [2.24, 2.45) is 0 Å². The number of phenolic OH excluding ortho intramolecular Hbond substituents is 1. The van der Waals surface area contributed by atoms with Crippen molar-refractivity contribution < 1.29 is 22.3 Å². The maximum absolute atomic E-state index is 14.1. The highest BCUT2D eigenvalue weighted by molar-refractivity contribution is 7.92. The number of sulfonamides is 1. The molecule has 1 N–H and O–H groups in total. The maximum Gasteiger partial charge on any atom is 0.265 e. The Hall–Kier alpha value is -3.38. The number of fused-ring (bicyclic) bond motifs is 3. The van der Waals surface area contributed by atoms with Crippen LogP contribution in [0, 0.1) is 23.0 Å². The highest BCUT2D eigenvalue weighted by Crippen LogP contribution is 2.45. The molecule has 0 aliphatic carbocycles. The largest absolute Gasteiger partial charge is 0.508 e. The van der Waals surface area contributed by atoms with E-state index in [0.717, 1.165) is 16.4 Å². The van der Waals surface area contributed by atoms with Gasteiger partial charge in [-0.1, -0.05) is 6.92 Å². The van der Waals surface area contributed by atoms with Crippen LogP contribution in [-0.4, -0.2) is 18.1 Å². The number of nitriles is 1. The molecule has 6 nitrogen and oxygen atoms in total. The zero-order chi connectivity index (χ0) is 20.9. The Morgan fingerprint density at radius 1 is 1.07 bits per heavy atom. The number of aromatic nitrogens is 1. The third-order valence-corrected chi connectivity index (χ3v) is 6.76. The summed E-state index contributed by atoms with van der Waals surface area (Å²) in [6.45, 7) is 1.76. The lowest BCUT2D eigenvalue weighted by molar-refractivity contribution is 0.474. The molecule has 0 amide bonds. The van der Waals surface area contributed by atoms with Gasteiger partial charge in [-0.25, -0.2) is 17.2 Å². The molecule has 2 heterocycles. The van der Waals surface area contributed by atoms with Crippen LogP contribution in [0.1, 0.15) is 30.8 Å². The Morgan fingerprint density at radius 3 is 2.28 bits per heavy atom. The zero-order valence-electron chi connectivity index (χ0n) is 15.2. The molecule has 9 heteroatoms. The number of phenols is 1. The Morgan fingerprint density at radius 2 is 1.69 bits per heavy atom. The monoisotopic (exact) mass is 415 g/mol. The lowest BCUT2D eigenvalue weighted by atomic mass is 10.1. The lowest BCUT2D eigenvalue weighted by Crippen LogP contribution is -2.39. The van der Waals surface area contributed by atoms with E-state index >= 15 is 0 Å². The van der Waals surface area contributed by atoms with Crippen LogP contribution in [-0.2, 0) is 10.0 Å². The van der Waals surface area contributed by atoms with E-state index in [1.807, 2.05) is 6.07 Å². The summed E-state index contributed by atoms with van der Waals surface area (Å²) in [5.41, 5.74) is 0.661. The molecule has 29 heavy (non-hydrogen) atoms. The number of hydrogen-bond acceptors (Lipinski definition) is 4. The minimum absolute atomic E-state index is 0.0625. The van der Waals surface area contributed by atoms with Gasteiger partial charge in [0.1, 0.15) is 17.5 Å². The number of anilines is 1. The molecule has 0 radical (unpaired) electrons. The fourth-order valence-electron chi connectivity index (χ4n) is 3.64. The first kappa shape index (κ1) is 19.0. The number of halogens is 2. The molecule has 3 aromatic rings. The van der Waals surface area contributed by atoms with Gasteiger partial charge >= 0.3 is 0 Å². The van der Waals surface area contributed by atoms with Gasteiger partial charge in [0.2, 0.25) is 0 Å². The first-order valence-electron chi connectivity index (χ1n) is 8.74. The lowest BCUT2D eigenvalue weighted by Gasteiger charge is -2.38. The summed E-state index contributed by atoms with van der Waals surface area (Å²) in [5.74, 6) is -2.45. The van der Waals surface area contributed by atoms with E-state index in [2.05, 4.69) is 0 Å². The summed E-state index contributed by atoms with van der Waals surface area (Å²) >= 11 is 0. The van der Waals surface area contributed by atoms with E-state index in [4.69, 9.17) is 0 Å². The Kier molecular flexibility index (Phi) is 4.31. The Labute approximate surface area is 165 Å². The third-order valence-electron chi connectivity index (χ3n) is 4.93. The van der Waals surface area contributed by atoms with Gasteiger partial charge in [-0.3, -0.25) is 4.31 Å². The summed E-state index contributed by atoms with van der Waals surface area (Å²) < 4.78 is 57.6. The van der Waals surface area contributed by atoms with Crippen molar-refractivity contribution in [2.75, 3.05) is 4.31 Å². The van der Waals surface area contributed by atoms with Gasteiger partial charge < -0.3 is 9.67 Å². The Bertz CT molecular complexity index is 1260. The number of rotatable bonds is 3. The molecule has 0 spiro atoms. The van der Waals surface area contributed by atoms with Gasteiger partial charge in [0.25, 0.3) is 10.0 Å². The molecular formula is C20H15F2N3O3S. The van der Waals surface area contributed by atoms with Crippen LogP contribution < -0.4 is 4.31 Å². The van der Waals surface area contributed by atoms with Crippen molar-refractivity contribution in [3.8, 4) is 17.5 Å². The van der Waals surface area contributed by atoms with Gasteiger partial charge in [0, 0.05) is 17.8 Å². The molecule has 1 atom stereocenters. The van der Waals surface area contributed by atoms with E-state index in [1.54, 1.807) is 13.0 Å². The fourth-order valence-corrected chi connectivity index (χ4v) is 5.35. The van der Waals surface area contributed by atoms with Gasteiger partial charge in [0.05, 0.1) is 22.3 Å². The van der Waals surface area contributed by atoms with Crippen LogP contribution in [0.5, 0.6) is 5.75 Å². The van der Waals surface area contributed by atoms with Gasteiger partial charge in [-0.2, -0.15) is 5.26 Å². The molecule has 0 unspecified atom stereocenters. The average molecular weight is 415 g/mol. The molecule has 4 rings (SSSR count). The minimum Gasteiger partial charge on any atom is -0.508 e. The van der Waals surface area contributed by atoms with Crippen molar-refractivity contribution in [1.82, 2.24) is 4.57 Å². The number of aromatic hydroxyl groups is 1. The smallest absolute Gasteiger partial charge is 0.265 e. The summed E-state index contributed by atoms with van der Waals surface area (Å²) in [5, 5.41) is 18.9. The summed E-state index contributed by atoms with van der Waals surface area (Å²) in [6, 6.07) is 11.0. The minimum atomic E-state index is -4.19. The van der Waals surface area contributed by atoms with Crippen molar-refractivity contribution in [3.05, 3.63) is 71.6 Å². The molecule has 0 saturated heterocycles. The molecule has 1 aromatic heterocycles. The predicted octanol–water partition coefficient (Wildman–Crippen LogP) is 3.99. The number of nitrogens with zero attached hydrogens (tertiary/aromatic N) is 3. The van der Waals surface area contributed by atoms with Crippen LogP contribution in [0.3, 0.4) is 0 Å². The van der Waals surface area contributed by atoms with E-state index in [1.165, 1.54) is 34.9 Å².